The summed E-state index contributed by atoms with van der Waals surface area (Å²) in [6, 6.07) is 7.18. The van der Waals surface area contributed by atoms with E-state index >= 15 is 0 Å². The molecule has 1 aromatic carbocycles. The summed E-state index contributed by atoms with van der Waals surface area (Å²) in [5, 5.41) is 8.08. The lowest BCUT2D eigenvalue weighted by molar-refractivity contribution is -0.140. The van der Waals surface area contributed by atoms with Crippen molar-refractivity contribution in [3.05, 3.63) is 40.9 Å². The summed E-state index contributed by atoms with van der Waals surface area (Å²) < 4.78 is 0. The third-order valence-electron chi connectivity index (χ3n) is 6.30. The third kappa shape index (κ3) is 3.64. The molecule has 1 saturated carbocycles. The molecule has 29 heavy (non-hydrogen) atoms. The number of H-pyrrole nitrogens is 1. The van der Waals surface area contributed by atoms with Crippen LogP contribution in [0.3, 0.4) is 0 Å². The van der Waals surface area contributed by atoms with Gasteiger partial charge in [0.2, 0.25) is 11.8 Å². The standard InChI is InChI=1S/C21H24ClN5O2/c22-15-3-5-16(6-4-15)27-12-9-17(21(27)29)20(28)26-10-7-14(8-11-26)19-23-18(24-25-19)13-1-2-13/h3-6,13-14,17H,1-2,7-12H2,(H,23,24,25). The van der Waals surface area contributed by atoms with Crippen LogP contribution in [0.25, 0.3) is 0 Å². The fourth-order valence-corrected chi connectivity index (χ4v) is 4.50. The van der Waals surface area contributed by atoms with Gasteiger partial charge in [0.05, 0.1) is 0 Å². The maximum atomic E-state index is 13.0. The largest absolute Gasteiger partial charge is 0.342 e. The van der Waals surface area contributed by atoms with E-state index in [1.54, 1.807) is 17.0 Å². The van der Waals surface area contributed by atoms with Gasteiger partial charge in [0.25, 0.3) is 0 Å². The van der Waals surface area contributed by atoms with Gasteiger partial charge in [-0.25, -0.2) is 4.98 Å². The maximum absolute atomic E-state index is 13.0. The van der Waals surface area contributed by atoms with Crippen molar-refractivity contribution in [1.29, 1.82) is 0 Å². The number of nitrogens with one attached hydrogen (secondary N) is 1. The number of likely N-dealkylation sites (tertiary alicyclic amines) is 1. The number of carbonyl (C=O) groups is 2. The zero-order valence-corrected chi connectivity index (χ0v) is 16.9. The summed E-state index contributed by atoms with van der Waals surface area (Å²) in [7, 11) is 0. The molecule has 3 heterocycles. The van der Waals surface area contributed by atoms with E-state index in [0.29, 0.717) is 42.9 Å². The Morgan fingerprint density at radius 3 is 2.41 bits per heavy atom. The highest BCUT2D eigenvalue weighted by Gasteiger charge is 2.40. The summed E-state index contributed by atoms with van der Waals surface area (Å²) >= 11 is 5.94. The number of anilines is 1. The van der Waals surface area contributed by atoms with Crippen LogP contribution in [0.5, 0.6) is 0 Å². The highest BCUT2D eigenvalue weighted by atomic mass is 35.5. The smallest absolute Gasteiger partial charge is 0.239 e. The summed E-state index contributed by atoms with van der Waals surface area (Å²) in [6.45, 7) is 1.89. The molecule has 1 aromatic heterocycles. The van der Waals surface area contributed by atoms with Gasteiger partial charge in [-0.2, -0.15) is 5.10 Å². The Labute approximate surface area is 174 Å². The normalized spacial score (nSPS) is 23.1. The molecule has 3 aliphatic rings. The van der Waals surface area contributed by atoms with Crippen LogP contribution in [0.15, 0.2) is 24.3 Å². The number of amides is 2. The Balaban J connectivity index is 1.19. The lowest BCUT2D eigenvalue weighted by Gasteiger charge is -2.32. The number of piperidine rings is 1. The monoisotopic (exact) mass is 413 g/mol. The molecule has 1 unspecified atom stereocenters. The van der Waals surface area contributed by atoms with Crippen molar-refractivity contribution < 1.29 is 9.59 Å². The van der Waals surface area contributed by atoms with E-state index in [-0.39, 0.29) is 11.8 Å². The number of aromatic nitrogens is 3. The second-order valence-corrected chi connectivity index (χ2v) is 8.70. The molecule has 2 aromatic rings. The highest BCUT2D eigenvalue weighted by Crippen LogP contribution is 2.38. The molecule has 1 N–H and O–H groups in total. The number of carbonyl (C=O) groups excluding carboxylic acids is 2. The van der Waals surface area contributed by atoms with Crippen molar-refractivity contribution in [3.63, 3.8) is 0 Å². The molecule has 2 aliphatic heterocycles. The molecule has 2 amide bonds. The van der Waals surface area contributed by atoms with E-state index in [4.69, 9.17) is 11.6 Å². The van der Waals surface area contributed by atoms with Crippen molar-refractivity contribution in [2.75, 3.05) is 24.5 Å². The van der Waals surface area contributed by atoms with Crippen LogP contribution in [0.1, 0.15) is 55.6 Å². The highest BCUT2D eigenvalue weighted by molar-refractivity contribution is 6.30. The van der Waals surface area contributed by atoms with Crippen LogP contribution in [0.4, 0.5) is 5.69 Å². The average Bonchev–Trinajstić information content (AvgIpc) is 3.35. The molecule has 0 radical (unpaired) electrons. The Morgan fingerprint density at radius 1 is 1.00 bits per heavy atom. The number of aromatic amines is 1. The maximum Gasteiger partial charge on any atom is 0.239 e. The van der Waals surface area contributed by atoms with E-state index in [9.17, 15) is 9.59 Å². The second-order valence-electron chi connectivity index (χ2n) is 8.26. The third-order valence-corrected chi connectivity index (χ3v) is 6.55. The number of rotatable bonds is 4. The fourth-order valence-electron chi connectivity index (χ4n) is 4.37. The zero-order chi connectivity index (χ0) is 20.0. The number of nitrogens with zero attached hydrogens (tertiary/aromatic N) is 4. The van der Waals surface area contributed by atoms with Gasteiger partial charge in [0, 0.05) is 42.2 Å². The van der Waals surface area contributed by atoms with Gasteiger partial charge in [-0.15, -0.1) is 0 Å². The zero-order valence-electron chi connectivity index (χ0n) is 16.2. The Hall–Kier alpha value is -2.41. The minimum atomic E-state index is -0.575. The van der Waals surface area contributed by atoms with Crippen molar-refractivity contribution in [2.24, 2.45) is 5.92 Å². The quantitative estimate of drug-likeness (QED) is 0.781. The van der Waals surface area contributed by atoms with Crippen molar-refractivity contribution >= 4 is 29.1 Å². The van der Waals surface area contributed by atoms with E-state index in [0.717, 1.165) is 30.2 Å². The molecule has 5 rings (SSSR count). The number of hydrogen-bond donors (Lipinski definition) is 1. The van der Waals surface area contributed by atoms with Gasteiger partial charge < -0.3 is 9.80 Å². The van der Waals surface area contributed by atoms with Crippen molar-refractivity contribution in [3.8, 4) is 0 Å². The van der Waals surface area contributed by atoms with Crippen LogP contribution < -0.4 is 4.90 Å². The molecule has 0 spiro atoms. The van der Waals surface area contributed by atoms with E-state index in [1.165, 1.54) is 12.8 Å². The van der Waals surface area contributed by atoms with Gasteiger partial charge in [0.15, 0.2) is 5.82 Å². The Morgan fingerprint density at radius 2 is 1.72 bits per heavy atom. The minimum Gasteiger partial charge on any atom is -0.342 e. The predicted octanol–water partition coefficient (Wildman–Crippen LogP) is 3.09. The lowest BCUT2D eigenvalue weighted by atomic mass is 9.94. The lowest BCUT2D eigenvalue weighted by Crippen LogP contribution is -2.44. The molecule has 1 atom stereocenters. The van der Waals surface area contributed by atoms with Crippen molar-refractivity contribution in [2.45, 2.75) is 43.9 Å². The Bertz CT molecular complexity index is 915. The first kappa shape index (κ1) is 18.6. The molecule has 0 bridgehead atoms. The average molecular weight is 414 g/mol. The summed E-state index contributed by atoms with van der Waals surface area (Å²) in [6.07, 6.45) is 4.65. The van der Waals surface area contributed by atoms with Gasteiger partial charge in [-0.3, -0.25) is 14.7 Å². The van der Waals surface area contributed by atoms with Gasteiger partial charge in [-0.1, -0.05) is 11.6 Å². The van der Waals surface area contributed by atoms with Gasteiger partial charge in [-0.05, 0) is 56.4 Å². The van der Waals surface area contributed by atoms with Gasteiger partial charge in [0.1, 0.15) is 11.7 Å². The van der Waals surface area contributed by atoms with Crippen molar-refractivity contribution in [1.82, 2.24) is 20.1 Å². The first-order valence-electron chi connectivity index (χ1n) is 10.4. The topological polar surface area (TPSA) is 82.2 Å². The molecule has 2 saturated heterocycles. The molecular weight excluding hydrogens is 390 g/mol. The predicted molar refractivity (Wildman–Crippen MR) is 109 cm³/mol. The van der Waals surface area contributed by atoms with Crippen LogP contribution in [-0.2, 0) is 9.59 Å². The molecule has 7 nitrogen and oxygen atoms in total. The molecule has 8 heteroatoms. The number of hydrogen-bond acceptors (Lipinski definition) is 4. The minimum absolute atomic E-state index is 0.0406. The summed E-state index contributed by atoms with van der Waals surface area (Å²) in [4.78, 5) is 34.1. The molecule has 3 fully saturated rings. The van der Waals surface area contributed by atoms with Gasteiger partial charge >= 0.3 is 0 Å². The fraction of sp³-hybridized carbons (Fsp3) is 0.524. The SMILES string of the molecule is O=C(C1CCN(c2ccc(Cl)cc2)C1=O)N1CCC(c2nc(C3CC3)n[nH]2)CC1. The summed E-state index contributed by atoms with van der Waals surface area (Å²) in [5.74, 6) is 2.02. The first-order chi connectivity index (χ1) is 14.1. The summed E-state index contributed by atoms with van der Waals surface area (Å²) in [5.41, 5.74) is 0.796. The van der Waals surface area contributed by atoms with E-state index < -0.39 is 5.92 Å². The van der Waals surface area contributed by atoms with Crippen LogP contribution >= 0.6 is 11.6 Å². The first-order valence-corrected chi connectivity index (χ1v) is 10.8. The molecule has 1 aliphatic carbocycles. The van der Waals surface area contributed by atoms with Crippen LogP contribution in [0, 0.1) is 5.92 Å². The molecular formula is C21H24ClN5O2. The number of halogens is 1. The van der Waals surface area contributed by atoms with Crippen LogP contribution in [-0.4, -0.2) is 51.5 Å². The second kappa shape index (κ2) is 7.44. The van der Waals surface area contributed by atoms with Crippen LogP contribution in [0.2, 0.25) is 5.02 Å². The number of benzene rings is 1. The van der Waals surface area contributed by atoms with E-state index in [1.807, 2.05) is 17.0 Å². The molecule has 152 valence electrons. The Kier molecular flexibility index (Phi) is 4.78. The van der Waals surface area contributed by atoms with E-state index in [2.05, 4.69) is 15.2 Å².